The maximum Gasteiger partial charge on any atom is 0.0825 e. The van der Waals surface area contributed by atoms with Crippen LogP contribution in [0.15, 0.2) is 24.3 Å². The van der Waals surface area contributed by atoms with Crippen LogP contribution >= 0.6 is 0 Å². The molecule has 2 N–H and O–H groups in total. The first kappa shape index (κ1) is 13.2. The Morgan fingerprint density at radius 2 is 2.00 bits per heavy atom. The summed E-state index contributed by atoms with van der Waals surface area (Å²) in [5.41, 5.74) is 6.46. The fraction of sp³-hybridized carbons (Fsp3) is 0.471. The van der Waals surface area contributed by atoms with Gasteiger partial charge in [0.15, 0.2) is 0 Å². The molecular weight excluding hydrogens is 246 g/mol. The molecule has 0 saturated carbocycles. The van der Waals surface area contributed by atoms with E-state index in [9.17, 15) is 0 Å². The van der Waals surface area contributed by atoms with E-state index in [1.54, 1.807) is 0 Å². The zero-order valence-electron chi connectivity index (χ0n) is 12.7. The summed E-state index contributed by atoms with van der Waals surface area (Å²) in [6.45, 7) is 8.83. The highest BCUT2D eigenvalue weighted by molar-refractivity contribution is 5.54. The maximum atomic E-state index is 4.30. The summed E-state index contributed by atoms with van der Waals surface area (Å²) >= 11 is 0. The number of nitrogens with zero attached hydrogens (tertiary/aromatic N) is 1. The number of rotatable bonds is 2. The van der Waals surface area contributed by atoms with Crippen LogP contribution in [0.1, 0.15) is 48.8 Å². The van der Waals surface area contributed by atoms with E-state index in [1.165, 1.54) is 24.0 Å². The van der Waals surface area contributed by atoms with Gasteiger partial charge in [0.05, 0.1) is 23.1 Å². The predicted molar refractivity (Wildman–Crippen MR) is 83.0 cm³/mol. The number of nitrogens with one attached hydrogen (secondary N) is 2. The third kappa shape index (κ3) is 2.11. The van der Waals surface area contributed by atoms with E-state index in [1.807, 2.05) is 6.92 Å². The van der Waals surface area contributed by atoms with E-state index >= 15 is 0 Å². The van der Waals surface area contributed by atoms with Crippen molar-refractivity contribution < 1.29 is 0 Å². The fourth-order valence-corrected chi connectivity index (χ4v) is 3.25. The highest BCUT2D eigenvalue weighted by atomic mass is 15.2. The van der Waals surface area contributed by atoms with Crippen molar-refractivity contribution in [1.82, 2.24) is 10.2 Å². The van der Waals surface area contributed by atoms with Gasteiger partial charge < -0.3 is 5.32 Å². The Hall–Kier alpha value is -1.77. The number of hydrogen-bond acceptors (Lipinski definition) is 2. The summed E-state index contributed by atoms with van der Waals surface area (Å²) in [6, 6.07) is 9.14. The van der Waals surface area contributed by atoms with Crippen LogP contribution in [0.5, 0.6) is 0 Å². The summed E-state index contributed by atoms with van der Waals surface area (Å²) in [7, 11) is 0. The number of H-pyrrole nitrogens is 1. The lowest BCUT2D eigenvalue weighted by molar-refractivity contribution is 0.265. The minimum absolute atomic E-state index is 0.241. The third-order valence-electron chi connectivity index (χ3n) is 4.60. The zero-order chi connectivity index (χ0) is 14.3. The predicted octanol–water partition coefficient (Wildman–Crippen LogP) is 4.15. The van der Waals surface area contributed by atoms with Gasteiger partial charge in [-0.05, 0) is 43.2 Å². The van der Waals surface area contributed by atoms with E-state index < -0.39 is 0 Å². The molecule has 0 aliphatic heterocycles. The molecule has 0 radical (unpaired) electrons. The van der Waals surface area contributed by atoms with Crippen LogP contribution in [-0.4, -0.2) is 10.2 Å². The van der Waals surface area contributed by atoms with Gasteiger partial charge in [0.1, 0.15) is 0 Å². The smallest absolute Gasteiger partial charge is 0.0825 e. The molecule has 20 heavy (non-hydrogen) atoms. The molecule has 106 valence electrons. The number of aryl methyl sites for hydroxylation is 3. The van der Waals surface area contributed by atoms with Crippen LogP contribution in [-0.2, 0) is 6.42 Å². The molecule has 0 fully saturated rings. The zero-order valence-corrected chi connectivity index (χ0v) is 12.7. The van der Waals surface area contributed by atoms with E-state index in [-0.39, 0.29) is 5.41 Å². The summed E-state index contributed by atoms with van der Waals surface area (Å²) in [5, 5.41) is 11.1. The number of anilines is 1. The van der Waals surface area contributed by atoms with E-state index in [4.69, 9.17) is 0 Å². The van der Waals surface area contributed by atoms with Gasteiger partial charge in [-0.1, -0.05) is 38.1 Å². The number of aromatic nitrogens is 2. The molecule has 3 nitrogen and oxygen atoms in total. The largest absolute Gasteiger partial charge is 0.375 e. The van der Waals surface area contributed by atoms with Crippen molar-refractivity contribution in [3.63, 3.8) is 0 Å². The number of aromatic amines is 1. The van der Waals surface area contributed by atoms with Crippen molar-refractivity contribution >= 4 is 5.69 Å². The SMILES string of the molecule is Cc1n[nH]c(C)c1NC1c2ccccc2CCC1(C)C. The number of hydrogen-bond donors (Lipinski definition) is 2. The van der Waals surface area contributed by atoms with Crippen molar-refractivity contribution in [1.29, 1.82) is 0 Å². The first-order chi connectivity index (χ1) is 9.49. The van der Waals surface area contributed by atoms with Gasteiger partial charge in [0, 0.05) is 0 Å². The van der Waals surface area contributed by atoms with Crippen LogP contribution in [0, 0.1) is 19.3 Å². The second-order valence-electron chi connectivity index (χ2n) is 6.57. The van der Waals surface area contributed by atoms with Gasteiger partial charge in [-0.25, -0.2) is 0 Å². The standard InChI is InChI=1S/C17H23N3/c1-11-15(12(2)20-19-11)18-16-14-8-6-5-7-13(14)9-10-17(16,3)4/h5-8,16,18H,9-10H2,1-4H3,(H,19,20). The molecule has 1 aliphatic carbocycles. The van der Waals surface area contributed by atoms with Gasteiger partial charge in [-0.2, -0.15) is 5.10 Å². The first-order valence-corrected chi connectivity index (χ1v) is 7.35. The molecule has 0 saturated heterocycles. The molecule has 3 heteroatoms. The monoisotopic (exact) mass is 269 g/mol. The summed E-state index contributed by atoms with van der Waals surface area (Å²) in [4.78, 5) is 0. The Balaban J connectivity index is 2.02. The second-order valence-corrected chi connectivity index (χ2v) is 6.57. The Kier molecular flexibility index (Phi) is 3.08. The third-order valence-corrected chi connectivity index (χ3v) is 4.60. The Morgan fingerprint density at radius 1 is 1.25 bits per heavy atom. The molecule has 1 aromatic carbocycles. The molecule has 1 heterocycles. The summed E-state index contributed by atoms with van der Waals surface area (Å²) in [5.74, 6) is 0. The number of benzene rings is 1. The van der Waals surface area contributed by atoms with Crippen LogP contribution in [0.25, 0.3) is 0 Å². The molecule has 3 rings (SSSR count). The molecule has 1 atom stereocenters. The fourth-order valence-electron chi connectivity index (χ4n) is 3.25. The van der Waals surface area contributed by atoms with Crippen molar-refractivity contribution in [3.8, 4) is 0 Å². The van der Waals surface area contributed by atoms with Crippen LogP contribution < -0.4 is 5.32 Å². The average molecular weight is 269 g/mol. The van der Waals surface area contributed by atoms with Gasteiger partial charge in [0.25, 0.3) is 0 Å². The van der Waals surface area contributed by atoms with Crippen molar-refractivity contribution in [3.05, 3.63) is 46.8 Å². The molecular formula is C17H23N3. The quantitative estimate of drug-likeness (QED) is 0.859. The normalized spacial score (nSPS) is 20.5. The first-order valence-electron chi connectivity index (χ1n) is 7.35. The van der Waals surface area contributed by atoms with Gasteiger partial charge in [0.2, 0.25) is 0 Å². The minimum atomic E-state index is 0.241. The van der Waals surface area contributed by atoms with Crippen molar-refractivity contribution in [2.75, 3.05) is 5.32 Å². The lowest BCUT2D eigenvalue weighted by Crippen LogP contribution is -2.33. The van der Waals surface area contributed by atoms with Crippen LogP contribution in [0.3, 0.4) is 0 Å². The summed E-state index contributed by atoms with van der Waals surface area (Å²) < 4.78 is 0. The molecule has 1 unspecified atom stereocenters. The molecule has 2 aromatic rings. The maximum absolute atomic E-state index is 4.30. The molecule has 1 aliphatic rings. The highest BCUT2D eigenvalue weighted by Gasteiger charge is 2.36. The van der Waals surface area contributed by atoms with E-state index in [2.05, 4.69) is 60.6 Å². The lowest BCUT2D eigenvalue weighted by Gasteiger charge is -2.41. The Labute approximate surface area is 120 Å². The van der Waals surface area contributed by atoms with Crippen molar-refractivity contribution in [2.24, 2.45) is 5.41 Å². The Morgan fingerprint density at radius 3 is 2.70 bits per heavy atom. The molecule has 1 aromatic heterocycles. The molecule has 0 bridgehead atoms. The molecule has 0 spiro atoms. The average Bonchev–Trinajstić information content (AvgIpc) is 2.73. The lowest BCUT2D eigenvalue weighted by atomic mass is 9.70. The van der Waals surface area contributed by atoms with Gasteiger partial charge in [-0.3, -0.25) is 5.10 Å². The van der Waals surface area contributed by atoms with Crippen molar-refractivity contribution in [2.45, 2.75) is 46.6 Å². The summed E-state index contributed by atoms with van der Waals surface area (Å²) in [6.07, 6.45) is 2.38. The highest BCUT2D eigenvalue weighted by Crippen LogP contribution is 2.45. The Bertz CT molecular complexity index is 605. The number of fused-ring (bicyclic) bond motifs is 1. The topological polar surface area (TPSA) is 40.7 Å². The van der Waals surface area contributed by atoms with Crippen LogP contribution in [0.4, 0.5) is 5.69 Å². The molecule has 0 amide bonds. The second kappa shape index (κ2) is 4.65. The van der Waals surface area contributed by atoms with Gasteiger partial charge in [-0.15, -0.1) is 0 Å². The van der Waals surface area contributed by atoms with Crippen LogP contribution in [0.2, 0.25) is 0 Å². The van der Waals surface area contributed by atoms with E-state index in [0.717, 1.165) is 17.1 Å². The minimum Gasteiger partial charge on any atom is -0.375 e. The van der Waals surface area contributed by atoms with E-state index in [0.29, 0.717) is 6.04 Å². The van der Waals surface area contributed by atoms with Gasteiger partial charge >= 0.3 is 0 Å².